The summed E-state index contributed by atoms with van der Waals surface area (Å²) in [6, 6.07) is 2.00. The molecule has 2 rings (SSSR count). The lowest BCUT2D eigenvalue weighted by Gasteiger charge is -2.11. The molecule has 0 saturated heterocycles. The van der Waals surface area contributed by atoms with Gasteiger partial charge in [0.25, 0.3) is 0 Å². The highest BCUT2D eigenvalue weighted by atomic mass is 15.3. The Morgan fingerprint density at radius 3 is 2.47 bits per heavy atom. The maximum absolute atomic E-state index is 4.63. The fraction of sp³-hybridized carbons (Fsp3) is 0.545. The Kier molecular flexibility index (Phi) is 2.42. The van der Waals surface area contributed by atoms with Gasteiger partial charge in [-0.05, 0) is 5.92 Å². The van der Waals surface area contributed by atoms with Crippen molar-refractivity contribution in [1.82, 2.24) is 19.6 Å². The first kappa shape index (κ1) is 10.1. The van der Waals surface area contributed by atoms with Crippen molar-refractivity contribution in [2.45, 2.75) is 39.5 Å². The maximum Gasteiger partial charge on any atom is 0.159 e. The van der Waals surface area contributed by atoms with Crippen molar-refractivity contribution in [3.63, 3.8) is 0 Å². The highest BCUT2D eigenvalue weighted by Crippen LogP contribution is 2.18. The topological polar surface area (TPSA) is 43.1 Å². The SMILES string of the molecule is CC(C)c1cc2ncnn2c(C(C)C)n1. The van der Waals surface area contributed by atoms with Crippen LogP contribution in [-0.2, 0) is 0 Å². The minimum absolute atomic E-state index is 0.355. The molecule has 0 bridgehead atoms. The average Bonchev–Trinajstić information content (AvgIpc) is 2.62. The van der Waals surface area contributed by atoms with E-state index in [1.807, 2.05) is 10.6 Å². The summed E-state index contributed by atoms with van der Waals surface area (Å²) in [4.78, 5) is 8.85. The fourth-order valence-corrected chi connectivity index (χ4v) is 1.54. The van der Waals surface area contributed by atoms with E-state index in [2.05, 4.69) is 42.8 Å². The van der Waals surface area contributed by atoms with Crippen molar-refractivity contribution in [2.75, 3.05) is 0 Å². The van der Waals surface area contributed by atoms with Gasteiger partial charge in [-0.25, -0.2) is 9.97 Å². The summed E-state index contributed by atoms with van der Waals surface area (Å²) >= 11 is 0. The minimum Gasteiger partial charge on any atom is -0.237 e. The van der Waals surface area contributed by atoms with E-state index in [4.69, 9.17) is 0 Å². The van der Waals surface area contributed by atoms with Crippen LogP contribution in [0.3, 0.4) is 0 Å². The molecule has 0 saturated carbocycles. The molecule has 0 aliphatic carbocycles. The highest BCUT2D eigenvalue weighted by molar-refractivity contribution is 5.39. The van der Waals surface area contributed by atoms with E-state index in [-0.39, 0.29) is 0 Å². The van der Waals surface area contributed by atoms with E-state index < -0.39 is 0 Å². The van der Waals surface area contributed by atoms with Crippen LogP contribution in [0.25, 0.3) is 5.65 Å². The Labute approximate surface area is 89.4 Å². The molecule has 0 aliphatic heterocycles. The van der Waals surface area contributed by atoms with Gasteiger partial charge >= 0.3 is 0 Å². The summed E-state index contributed by atoms with van der Waals surface area (Å²) in [5.41, 5.74) is 1.97. The number of hydrogen-bond acceptors (Lipinski definition) is 3. The summed E-state index contributed by atoms with van der Waals surface area (Å²) in [5, 5.41) is 4.18. The molecule has 0 spiro atoms. The van der Waals surface area contributed by atoms with Crippen molar-refractivity contribution in [3.05, 3.63) is 23.9 Å². The van der Waals surface area contributed by atoms with Gasteiger partial charge in [0.05, 0.1) is 0 Å². The van der Waals surface area contributed by atoms with Gasteiger partial charge in [-0.1, -0.05) is 27.7 Å². The molecule has 0 fully saturated rings. The van der Waals surface area contributed by atoms with E-state index >= 15 is 0 Å². The van der Waals surface area contributed by atoms with Gasteiger partial charge in [0.1, 0.15) is 12.2 Å². The third-order valence-electron chi connectivity index (χ3n) is 2.42. The zero-order chi connectivity index (χ0) is 11.0. The van der Waals surface area contributed by atoms with Gasteiger partial charge < -0.3 is 0 Å². The number of nitrogens with zero attached hydrogens (tertiary/aromatic N) is 4. The van der Waals surface area contributed by atoms with Crippen LogP contribution in [0.2, 0.25) is 0 Å². The van der Waals surface area contributed by atoms with Crippen LogP contribution >= 0.6 is 0 Å². The van der Waals surface area contributed by atoms with Crippen molar-refractivity contribution in [1.29, 1.82) is 0 Å². The van der Waals surface area contributed by atoms with Crippen LogP contribution in [-0.4, -0.2) is 19.6 Å². The normalized spacial score (nSPS) is 11.9. The van der Waals surface area contributed by atoms with E-state index in [0.29, 0.717) is 11.8 Å². The second-order valence-corrected chi connectivity index (χ2v) is 4.38. The lowest BCUT2D eigenvalue weighted by Crippen LogP contribution is -2.08. The molecule has 0 aromatic carbocycles. The molecule has 2 heterocycles. The Balaban J connectivity index is 2.69. The molecule has 0 atom stereocenters. The summed E-state index contributed by atoms with van der Waals surface area (Å²) in [6.07, 6.45) is 1.58. The van der Waals surface area contributed by atoms with Crippen molar-refractivity contribution < 1.29 is 0 Å². The lowest BCUT2D eigenvalue weighted by atomic mass is 10.1. The lowest BCUT2D eigenvalue weighted by molar-refractivity contribution is 0.685. The minimum atomic E-state index is 0.355. The molecule has 0 amide bonds. The molecule has 2 aromatic rings. The van der Waals surface area contributed by atoms with Crippen LogP contribution in [0.5, 0.6) is 0 Å². The quantitative estimate of drug-likeness (QED) is 0.754. The van der Waals surface area contributed by atoms with Crippen molar-refractivity contribution in [2.24, 2.45) is 0 Å². The molecule has 4 heteroatoms. The van der Waals surface area contributed by atoms with Crippen LogP contribution in [0, 0.1) is 0 Å². The second-order valence-electron chi connectivity index (χ2n) is 4.38. The zero-order valence-electron chi connectivity index (χ0n) is 9.60. The molecule has 15 heavy (non-hydrogen) atoms. The monoisotopic (exact) mass is 204 g/mol. The molecular weight excluding hydrogens is 188 g/mol. The van der Waals surface area contributed by atoms with Gasteiger partial charge in [-0.2, -0.15) is 9.61 Å². The first-order chi connectivity index (χ1) is 7.09. The van der Waals surface area contributed by atoms with Gasteiger partial charge in [-0.15, -0.1) is 0 Å². The zero-order valence-corrected chi connectivity index (χ0v) is 9.60. The Morgan fingerprint density at radius 1 is 1.13 bits per heavy atom. The standard InChI is InChI=1S/C11H16N4/c1-7(2)9-5-10-12-6-13-15(10)11(14-9)8(3)4/h5-8H,1-4H3. The first-order valence-electron chi connectivity index (χ1n) is 5.30. The van der Waals surface area contributed by atoms with E-state index in [1.165, 1.54) is 0 Å². The summed E-state index contributed by atoms with van der Waals surface area (Å²) in [7, 11) is 0. The summed E-state index contributed by atoms with van der Waals surface area (Å²) in [6.45, 7) is 8.51. The van der Waals surface area contributed by atoms with Gasteiger partial charge in [0.2, 0.25) is 0 Å². The van der Waals surface area contributed by atoms with E-state index in [9.17, 15) is 0 Å². The molecule has 2 aromatic heterocycles. The Hall–Kier alpha value is -1.45. The number of aromatic nitrogens is 4. The second kappa shape index (κ2) is 3.61. The van der Waals surface area contributed by atoms with Crippen LogP contribution in [0.15, 0.2) is 12.4 Å². The molecule has 0 unspecified atom stereocenters. The first-order valence-corrected chi connectivity index (χ1v) is 5.30. The Bertz CT molecular complexity index is 470. The third kappa shape index (κ3) is 1.71. The molecule has 0 aliphatic rings. The van der Waals surface area contributed by atoms with Crippen molar-refractivity contribution >= 4 is 5.65 Å². The van der Waals surface area contributed by atoms with Crippen LogP contribution < -0.4 is 0 Å². The number of hydrogen-bond donors (Lipinski definition) is 0. The maximum atomic E-state index is 4.63. The number of fused-ring (bicyclic) bond motifs is 1. The highest BCUT2D eigenvalue weighted by Gasteiger charge is 2.12. The molecule has 0 radical (unpaired) electrons. The van der Waals surface area contributed by atoms with Crippen LogP contribution in [0.1, 0.15) is 51.0 Å². The van der Waals surface area contributed by atoms with Gasteiger partial charge in [0, 0.05) is 17.7 Å². The smallest absolute Gasteiger partial charge is 0.159 e. The van der Waals surface area contributed by atoms with Gasteiger partial charge in [-0.3, -0.25) is 0 Å². The molecule has 80 valence electrons. The predicted molar refractivity (Wildman–Crippen MR) is 59.0 cm³/mol. The molecular formula is C11H16N4. The third-order valence-corrected chi connectivity index (χ3v) is 2.42. The van der Waals surface area contributed by atoms with Gasteiger partial charge in [0.15, 0.2) is 5.65 Å². The van der Waals surface area contributed by atoms with E-state index in [1.54, 1.807) is 6.33 Å². The van der Waals surface area contributed by atoms with Crippen LogP contribution in [0.4, 0.5) is 0 Å². The largest absolute Gasteiger partial charge is 0.237 e. The average molecular weight is 204 g/mol. The molecule has 0 N–H and O–H groups in total. The number of rotatable bonds is 2. The van der Waals surface area contributed by atoms with Crippen molar-refractivity contribution in [3.8, 4) is 0 Å². The Morgan fingerprint density at radius 2 is 1.87 bits per heavy atom. The summed E-state index contributed by atoms with van der Waals surface area (Å²) in [5.74, 6) is 1.76. The van der Waals surface area contributed by atoms with E-state index in [0.717, 1.165) is 17.2 Å². The fourth-order valence-electron chi connectivity index (χ4n) is 1.54. The predicted octanol–water partition coefficient (Wildman–Crippen LogP) is 2.37. The molecule has 4 nitrogen and oxygen atoms in total. The summed E-state index contributed by atoms with van der Waals surface area (Å²) < 4.78 is 1.82.